The molecule has 0 radical (unpaired) electrons. The Hall–Kier alpha value is -0.870. The Morgan fingerprint density at radius 1 is 1.33 bits per heavy atom. The summed E-state index contributed by atoms with van der Waals surface area (Å²) >= 11 is 0. The van der Waals surface area contributed by atoms with Crippen LogP contribution >= 0.6 is 0 Å². The molecule has 0 amide bonds. The molecule has 2 rings (SSSR count). The van der Waals surface area contributed by atoms with Crippen LogP contribution in [0.5, 0.6) is 0 Å². The molecule has 4 heteroatoms. The van der Waals surface area contributed by atoms with Crippen molar-refractivity contribution in [2.45, 2.75) is 49.3 Å². The third-order valence-electron chi connectivity index (χ3n) is 3.63. The summed E-state index contributed by atoms with van der Waals surface area (Å²) in [6.45, 7) is 4.89. The molecule has 0 spiro atoms. The minimum Gasteiger partial charge on any atom is -0.314 e. The highest BCUT2D eigenvalue weighted by Gasteiger charge is 2.34. The lowest BCUT2D eigenvalue weighted by molar-refractivity contribution is 0.537. The molecule has 0 saturated heterocycles. The van der Waals surface area contributed by atoms with Crippen LogP contribution in [0.1, 0.15) is 31.7 Å². The molecule has 2 unspecified atom stereocenters. The van der Waals surface area contributed by atoms with E-state index in [-0.39, 0.29) is 5.25 Å². The Balaban J connectivity index is 2.18. The van der Waals surface area contributed by atoms with Crippen molar-refractivity contribution in [3.63, 3.8) is 0 Å². The second kappa shape index (κ2) is 5.41. The summed E-state index contributed by atoms with van der Waals surface area (Å²) in [6.07, 6.45) is 2.47. The van der Waals surface area contributed by atoms with Gasteiger partial charge in [-0.3, -0.25) is 0 Å². The van der Waals surface area contributed by atoms with E-state index >= 15 is 0 Å². The Bertz CT molecular complexity index is 510. The Morgan fingerprint density at radius 2 is 2.11 bits per heavy atom. The van der Waals surface area contributed by atoms with Crippen LogP contribution in [0.4, 0.5) is 0 Å². The van der Waals surface area contributed by atoms with Gasteiger partial charge in [0.1, 0.15) is 0 Å². The summed E-state index contributed by atoms with van der Waals surface area (Å²) in [5, 5.41) is 3.13. The molecule has 100 valence electrons. The molecule has 0 aromatic heterocycles. The third-order valence-corrected chi connectivity index (χ3v) is 5.85. The van der Waals surface area contributed by atoms with Crippen molar-refractivity contribution in [3.05, 3.63) is 29.8 Å². The van der Waals surface area contributed by atoms with Crippen LogP contribution in [-0.4, -0.2) is 26.3 Å². The van der Waals surface area contributed by atoms with E-state index in [1.807, 2.05) is 19.1 Å². The lowest BCUT2D eigenvalue weighted by atomic mass is 10.2. The maximum absolute atomic E-state index is 12.5. The van der Waals surface area contributed by atoms with E-state index in [9.17, 15) is 8.42 Å². The summed E-state index contributed by atoms with van der Waals surface area (Å²) in [4.78, 5) is 0.477. The van der Waals surface area contributed by atoms with Crippen LogP contribution in [0.15, 0.2) is 29.2 Å². The number of rotatable bonds is 4. The third kappa shape index (κ3) is 2.75. The van der Waals surface area contributed by atoms with E-state index in [1.165, 1.54) is 0 Å². The second-order valence-corrected chi connectivity index (χ2v) is 7.28. The van der Waals surface area contributed by atoms with Crippen LogP contribution in [0.2, 0.25) is 0 Å². The highest BCUT2D eigenvalue weighted by molar-refractivity contribution is 7.92. The predicted octanol–water partition coefficient (Wildman–Crippen LogP) is 2.30. The van der Waals surface area contributed by atoms with Gasteiger partial charge in [-0.15, -0.1) is 0 Å². The quantitative estimate of drug-likeness (QED) is 0.910. The van der Waals surface area contributed by atoms with Gasteiger partial charge in [0.15, 0.2) is 9.84 Å². The smallest absolute Gasteiger partial charge is 0.181 e. The monoisotopic (exact) mass is 267 g/mol. The summed E-state index contributed by atoms with van der Waals surface area (Å²) in [5.41, 5.74) is 0.998. The van der Waals surface area contributed by atoms with Gasteiger partial charge in [-0.25, -0.2) is 8.42 Å². The van der Waals surface area contributed by atoms with E-state index in [4.69, 9.17) is 0 Å². The van der Waals surface area contributed by atoms with Crippen molar-refractivity contribution in [2.75, 3.05) is 6.54 Å². The van der Waals surface area contributed by atoms with E-state index in [0.717, 1.165) is 31.4 Å². The van der Waals surface area contributed by atoms with Crippen molar-refractivity contribution in [2.24, 2.45) is 0 Å². The maximum Gasteiger partial charge on any atom is 0.181 e. The Morgan fingerprint density at radius 3 is 2.78 bits per heavy atom. The fourth-order valence-electron chi connectivity index (χ4n) is 2.68. The van der Waals surface area contributed by atoms with Gasteiger partial charge in [0.05, 0.1) is 10.1 Å². The molecule has 0 bridgehead atoms. The predicted molar refractivity (Wildman–Crippen MR) is 73.5 cm³/mol. The number of hydrogen-bond donors (Lipinski definition) is 1. The van der Waals surface area contributed by atoms with Gasteiger partial charge >= 0.3 is 0 Å². The van der Waals surface area contributed by atoms with Gasteiger partial charge in [-0.1, -0.05) is 19.1 Å². The first kappa shape index (κ1) is 13.6. The van der Waals surface area contributed by atoms with Gasteiger partial charge in [-0.2, -0.15) is 0 Å². The highest BCUT2D eigenvalue weighted by atomic mass is 32.2. The number of benzene rings is 1. The average Bonchev–Trinajstić information content (AvgIpc) is 2.79. The van der Waals surface area contributed by atoms with E-state index < -0.39 is 9.84 Å². The molecule has 18 heavy (non-hydrogen) atoms. The average molecular weight is 267 g/mol. The van der Waals surface area contributed by atoms with Crippen LogP contribution in [0.25, 0.3) is 0 Å². The molecule has 3 nitrogen and oxygen atoms in total. The first-order valence-corrected chi connectivity index (χ1v) is 8.12. The summed E-state index contributed by atoms with van der Waals surface area (Å²) in [6, 6.07) is 7.59. The van der Waals surface area contributed by atoms with Crippen molar-refractivity contribution in [1.82, 2.24) is 5.32 Å². The van der Waals surface area contributed by atoms with Gasteiger partial charge in [0.25, 0.3) is 0 Å². The molecule has 1 aromatic carbocycles. The topological polar surface area (TPSA) is 46.2 Å². The molecular formula is C14H21NO2S. The van der Waals surface area contributed by atoms with Crippen LogP contribution in [0, 0.1) is 6.92 Å². The molecule has 0 heterocycles. The van der Waals surface area contributed by atoms with Crippen molar-refractivity contribution in [1.29, 1.82) is 0 Å². The zero-order chi connectivity index (χ0) is 13.2. The maximum atomic E-state index is 12.5. The van der Waals surface area contributed by atoms with Gasteiger partial charge in [0, 0.05) is 6.04 Å². The molecule has 1 saturated carbocycles. The van der Waals surface area contributed by atoms with Gasteiger partial charge < -0.3 is 5.32 Å². The van der Waals surface area contributed by atoms with Crippen molar-refractivity contribution >= 4 is 9.84 Å². The Labute approximate surface area is 110 Å². The van der Waals surface area contributed by atoms with Crippen molar-refractivity contribution < 1.29 is 8.42 Å². The highest BCUT2D eigenvalue weighted by Crippen LogP contribution is 2.30. The molecule has 1 aromatic rings. The SMILES string of the molecule is CCNC1CCC(S(=O)(=O)c2cccc(C)c2)C1. The molecule has 1 N–H and O–H groups in total. The fourth-order valence-corrected chi connectivity index (χ4v) is 4.62. The van der Waals surface area contributed by atoms with E-state index in [2.05, 4.69) is 12.2 Å². The lowest BCUT2D eigenvalue weighted by Crippen LogP contribution is -2.28. The van der Waals surface area contributed by atoms with Crippen LogP contribution in [0.3, 0.4) is 0 Å². The largest absolute Gasteiger partial charge is 0.314 e. The zero-order valence-corrected chi connectivity index (χ0v) is 11.8. The normalized spacial score (nSPS) is 24.3. The first-order chi connectivity index (χ1) is 8.54. The summed E-state index contributed by atoms with van der Waals surface area (Å²) in [7, 11) is -3.15. The molecular weight excluding hydrogens is 246 g/mol. The fraction of sp³-hybridized carbons (Fsp3) is 0.571. The van der Waals surface area contributed by atoms with Crippen LogP contribution in [-0.2, 0) is 9.84 Å². The number of aryl methyl sites for hydroxylation is 1. The Kier molecular flexibility index (Phi) is 4.07. The minimum absolute atomic E-state index is 0.219. The van der Waals surface area contributed by atoms with Crippen molar-refractivity contribution in [3.8, 4) is 0 Å². The van der Waals surface area contributed by atoms with Gasteiger partial charge in [0.2, 0.25) is 0 Å². The number of sulfone groups is 1. The number of hydrogen-bond acceptors (Lipinski definition) is 3. The summed E-state index contributed by atoms with van der Waals surface area (Å²) < 4.78 is 25.0. The molecule has 2 atom stereocenters. The lowest BCUT2D eigenvalue weighted by Gasteiger charge is -2.13. The first-order valence-electron chi connectivity index (χ1n) is 6.58. The van der Waals surface area contributed by atoms with E-state index in [0.29, 0.717) is 10.9 Å². The molecule has 0 aliphatic heterocycles. The molecule has 1 aliphatic rings. The van der Waals surface area contributed by atoms with Gasteiger partial charge in [-0.05, 0) is 50.4 Å². The minimum atomic E-state index is -3.15. The second-order valence-electron chi connectivity index (χ2n) is 5.05. The summed E-state index contributed by atoms with van der Waals surface area (Å²) in [5.74, 6) is 0. The zero-order valence-electron chi connectivity index (χ0n) is 11.0. The number of nitrogens with one attached hydrogen (secondary N) is 1. The molecule has 1 fully saturated rings. The van der Waals surface area contributed by atoms with Crippen LogP contribution < -0.4 is 5.32 Å². The molecule has 1 aliphatic carbocycles. The standard InChI is InChI=1S/C14H21NO2S/c1-3-15-12-7-8-14(10-12)18(16,17)13-6-4-5-11(2)9-13/h4-6,9,12,14-15H,3,7-8,10H2,1-2H3. The van der Waals surface area contributed by atoms with E-state index in [1.54, 1.807) is 12.1 Å².